The number of hydrogen-bond donors (Lipinski definition) is 1. The number of hydrogen-bond acceptors (Lipinski definition) is 4. The molecule has 0 saturated carbocycles. The van der Waals surface area contributed by atoms with E-state index in [0.717, 1.165) is 19.2 Å². The molecule has 0 unspecified atom stereocenters. The van der Waals surface area contributed by atoms with Crippen LogP contribution in [0.1, 0.15) is 12.0 Å². The molecule has 5 nitrogen and oxygen atoms in total. The van der Waals surface area contributed by atoms with Gasteiger partial charge >= 0.3 is 0 Å². The summed E-state index contributed by atoms with van der Waals surface area (Å²) in [5, 5.41) is 11.8. The van der Waals surface area contributed by atoms with Crippen molar-refractivity contribution in [1.29, 1.82) is 5.26 Å². The third-order valence-corrected chi connectivity index (χ3v) is 3.12. The van der Waals surface area contributed by atoms with Gasteiger partial charge in [0.15, 0.2) is 0 Å². The lowest BCUT2D eigenvalue weighted by atomic mass is 10.2. The number of nitriles is 1. The molecule has 1 aliphatic rings. The molecule has 6 heteroatoms. The molecule has 1 heterocycles. The molecule has 0 spiro atoms. The largest absolute Gasteiger partial charge is 0.493 e. The van der Waals surface area contributed by atoms with Gasteiger partial charge in [0.1, 0.15) is 17.6 Å². The smallest absolute Gasteiger partial charge is 0.226 e. The molecule has 0 aliphatic carbocycles. The van der Waals surface area contributed by atoms with Crippen LogP contribution in [0.15, 0.2) is 18.2 Å². The summed E-state index contributed by atoms with van der Waals surface area (Å²) in [4.78, 5) is 13.6. The summed E-state index contributed by atoms with van der Waals surface area (Å²) in [6.45, 7) is 3.25. The molecular formula is C14H16FN3O2. The summed E-state index contributed by atoms with van der Waals surface area (Å²) < 4.78 is 18.7. The van der Waals surface area contributed by atoms with Gasteiger partial charge in [0, 0.05) is 32.2 Å². The summed E-state index contributed by atoms with van der Waals surface area (Å²) in [6, 6.07) is 5.79. The van der Waals surface area contributed by atoms with Gasteiger partial charge in [-0.15, -0.1) is 0 Å². The average molecular weight is 277 g/mol. The number of rotatable bonds is 4. The number of benzene rings is 1. The maximum atomic E-state index is 13.3. The van der Waals surface area contributed by atoms with Gasteiger partial charge in [-0.2, -0.15) is 5.26 Å². The molecule has 2 rings (SSSR count). The van der Waals surface area contributed by atoms with Gasteiger partial charge in [0.2, 0.25) is 5.91 Å². The van der Waals surface area contributed by atoms with E-state index in [1.165, 1.54) is 12.1 Å². The van der Waals surface area contributed by atoms with Gasteiger partial charge in [-0.3, -0.25) is 4.79 Å². The van der Waals surface area contributed by atoms with Crippen molar-refractivity contribution >= 4 is 5.91 Å². The van der Waals surface area contributed by atoms with E-state index >= 15 is 0 Å². The fourth-order valence-electron chi connectivity index (χ4n) is 2.00. The summed E-state index contributed by atoms with van der Waals surface area (Å²) in [6.07, 6.45) is 0.265. The first-order valence-corrected chi connectivity index (χ1v) is 6.51. The van der Waals surface area contributed by atoms with Crippen LogP contribution in [0.3, 0.4) is 0 Å². The first kappa shape index (κ1) is 14.3. The second kappa shape index (κ2) is 6.87. The minimum Gasteiger partial charge on any atom is -0.493 e. The number of nitrogens with zero attached hydrogens (tertiary/aromatic N) is 2. The fourth-order valence-corrected chi connectivity index (χ4v) is 2.00. The number of amides is 1. The van der Waals surface area contributed by atoms with Crippen LogP contribution in [0.2, 0.25) is 0 Å². The topological polar surface area (TPSA) is 65.4 Å². The van der Waals surface area contributed by atoms with Gasteiger partial charge in [-0.1, -0.05) is 0 Å². The molecule has 1 aromatic carbocycles. The van der Waals surface area contributed by atoms with Crippen LogP contribution in [-0.2, 0) is 4.79 Å². The second-order valence-corrected chi connectivity index (χ2v) is 4.48. The van der Waals surface area contributed by atoms with Crippen LogP contribution < -0.4 is 10.1 Å². The highest BCUT2D eigenvalue weighted by atomic mass is 19.1. The maximum Gasteiger partial charge on any atom is 0.226 e. The maximum absolute atomic E-state index is 13.3. The Kier molecular flexibility index (Phi) is 4.91. The molecule has 0 atom stereocenters. The van der Waals surface area contributed by atoms with E-state index in [1.54, 1.807) is 11.0 Å². The van der Waals surface area contributed by atoms with Crippen molar-refractivity contribution in [3.8, 4) is 11.8 Å². The second-order valence-electron chi connectivity index (χ2n) is 4.48. The Hall–Kier alpha value is -2.13. The number of piperazine rings is 1. The highest BCUT2D eigenvalue weighted by Crippen LogP contribution is 2.16. The molecule has 106 valence electrons. The van der Waals surface area contributed by atoms with Gasteiger partial charge in [0.25, 0.3) is 0 Å². The Morgan fingerprint density at radius 3 is 2.85 bits per heavy atom. The van der Waals surface area contributed by atoms with Crippen LogP contribution in [-0.4, -0.2) is 43.6 Å². The van der Waals surface area contributed by atoms with Crippen LogP contribution >= 0.6 is 0 Å². The first-order valence-electron chi connectivity index (χ1n) is 6.51. The van der Waals surface area contributed by atoms with E-state index in [1.807, 2.05) is 0 Å². The molecule has 0 bridgehead atoms. The van der Waals surface area contributed by atoms with Crippen molar-refractivity contribution in [2.45, 2.75) is 6.42 Å². The summed E-state index contributed by atoms with van der Waals surface area (Å²) in [5.74, 6) is -0.242. The number of ether oxygens (including phenoxy) is 1. The molecule has 1 amide bonds. The minimum absolute atomic E-state index is 0.0192. The third kappa shape index (κ3) is 3.68. The van der Waals surface area contributed by atoms with Crippen molar-refractivity contribution in [1.82, 2.24) is 10.2 Å². The van der Waals surface area contributed by atoms with E-state index in [9.17, 15) is 9.18 Å². The molecule has 0 radical (unpaired) electrons. The summed E-state index contributed by atoms with van der Waals surface area (Å²) in [5.41, 5.74) is -0.0192. The minimum atomic E-state index is -0.613. The average Bonchev–Trinajstić information content (AvgIpc) is 2.48. The summed E-state index contributed by atoms with van der Waals surface area (Å²) in [7, 11) is 0. The SMILES string of the molecule is N#Cc1ccc(OCCC(=O)N2CCNCC2)cc1F. The van der Waals surface area contributed by atoms with Crippen molar-refractivity contribution < 1.29 is 13.9 Å². The van der Waals surface area contributed by atoms with Crippen molar-refractivity contribution in [2.24, 2.45) is 0 Å². The number of nitrogens with one attached hydrogen (secondary N) is 1. The van der Waals surface area contributed by atoms with E-state index in [2.05, 4.69) is 5.32 Å². The normalized spacial score (nSPS) is 14.7. The van der Waals surface area contributed by atoms with Crippen LogP contribution in [0, 0.1) is 17.1 Å². The predicted molar refractivity (Wildman–Crippen MR) is 70.7 cm³/mol. The molecule has 1 N–H and O–H groups in total. The molecule has 1 aliphatic heterocycles. The first-order chi connectivity index (χ1) is 9.70. The zero-order valence-electron chi connectivity index (χ0n) is 11.1. The molecule has 1 saturated heterocycles. The third-order valence-electron chi connectivity index (χ3n) is 3.12. The molecule has 20 heavy (non-hydrogen) atoms. The van der Waals surface area contributed by atoms with Gasteiger partial charge in [-0.05, 0) is 12.1 Å². The highest BCUT2D eigenvalue weighted by Gasteiger charge is 2.15. The van der Waals surface area contributed by atoms with E-state index in [4.69, 9.17) is 10.00 Å². The molecular weight excluding hydrogens is 261 g/mol. The Morgan fingerprint density at radius 2 is 2.20 bits per heavy atom. The van der Waals surface area contributed by atoms with E-state index in [-0.39, 0.29) is 24.5 Å². The Morgan fingerprint density at radius 1 is 1.45 bits per heavy atom. The number of halogens is 1. The zero-order chi connectivity index (χ0) is 14.4. The Bertz CT molecular complexity index is 522. The fraction of sp³-hybridized carbons (Fsp3) is 0.429. The van der Waals surface area contributed by atoms with Crippen LogP contribution in [0.5, 0.6) is 5.75 Å². The van der Waals surface area contributed by atoms with E-state index in [0.29, 0.717) is 18.8 Å². The standard InChI is InChI=1S/C14H16FN3O2/c15-13-9-12(2-1-11(13)10-16)20-8-3-14(19)18-6-4-17-5-7-18/h1-2,9,17H,3-8H2. The lowest BCUT2D eigenvalue weighted by Crippen LogP contribution is -2.46. The van der Waals surface area contributed by atoms with Gasteiger partial charge < -0.3 is 15.0 Å². The zero-order valence-corrected chi connectivity index (χ0v) is 11.1. The monoisotopic (exact) mass is 277 g/mol. The van der Waals surface area contributed by atoms with Crippen molar-refractivity contribution in [3.63, 3.8) is 0 Å². The van der Waals surface area contributed by atoms with Gasteiger partial charge in [0.05, 0.1) is 18.6 Å². The van der Waals surface area contributed by atoms with Crippen LogP contribution in [0.25, 0.3) is 0 Å². The predicted octanol–water partition coefficient (Wildman–Crippen LogP) is 0.898. The molecule has 0 aromatic heterocycles. The quantitative estimate of drug-likeness (QED) is 0.888. The lowest BCUT2D eigenvalue weighted by Gasteiger charge is -2.27. The van der Waals surface area contributed by atoms with E-state index < -0.39 is 5.82 Å². The number of carbonyl (C=O) groups is 1. The molecule has 1 aromatic rings. The Balaban J connectivity index is 1.79. The number of carbonyl (C=O) groups excluding carboxylic acids is 1. The van der Waals surface area contributed by atoms with Gasteiger partial charge in [-0.25, -0.2) is 4.39 Å². The van der Waals surface area contributed by atoms with Crippen LogP contribution in [0.4, 0.5) is 4.39 Å². The molecule has 1 fully saturated rings. The summed E-state index contributed by atoms with van der Waals surface area (Å²) >= 11 is 0. The lowest BCUT2D eigenvalue weighted by molar-refractivity contribution is -0.132. The van der Waals surface area contributed by atoms with Crippen molar-refractivity contribution in [3.05, 3.63) is 29.6 Å². The van der Waals surface area contributed by atoms with Crippen molar-refractivity contribution in [2.75, 3.05) is 32.8 Å². The highest BCUT2D eigenvalue weighted by molar-refractivity contribution is 5.76. The Labute approximate surface area is 116 Å².